The maximum absolute atomic E-state index is 13.3. The summed E-state index contributed by atoms with van der Waals surface area (Å²) in [6.45, 7) is 12.8. The van der Waals surface area contributed by atoms with Crippen molar-refractivity contribution in [2.45, 2.75) is 46.6 Å². The number of nitrogens with one attached hydrogen (secondary N) is 1. The largest absolute Gasteiger partial charge is 0.310 e. The topological polar surface area (TPSA) is 15.3 Å². The Labute approximate surface area is 123 Å². The highest BCUT2D eigenvalue weighted by Crippen LogP contribution is 2.22. The van der Waals surface area contributed by atoms with E-state index in [1.54, 1.807) is 12.1 Å². The molecule has 0 aromatic heterocycles. The molecule has 0 spiro atoms. The summed E-state index contributed by atoms with van der Waals surface area (Å²) in [6.07, 6.45) is 2.18. The summed E-state index contributed by atoms with van der Waals surface area (Å²) < 4.78 is 13.3. The molecule has 0 bridgehead atoms. The first-order valence-corrected chi connectivity index (χ1v) is 7.84. The molecule has 0 saturated carbocycles. The fraction of sp³-hybridized carbons (Fsp3) is 0.647. The third kappa shape index (κ3) is 5.22. The molecule has 20 heavy (non-hydrogen) atoms. The van der Waals surface area contributed by atoms with E-state index in [0.717, 1.165) is 44.6 Å². The van der Waals surface area contributed by atoms with Crippen LogP contribution in [0.5, 0.6) is 0 Å². The van der Waals surface area contributed by atoms with Crippen molar-refractivity contribution in [3.05, 3.63) is 35.1 Å². The van der Waals surface area contributed by atoms with Gasteiger partial charge >= 0.3 is 0 Å². The number of hydrogen-bond donors (Lipinski definition) is 1. The first kappa shape index (κ1) is 17.1. The Bertz CT molecular complexity index is 389. The van der Waals surface area contributed by atoms with Gasteiger partial charge in [-0.3, -0.25) is 0 Å². The minimum atomic E-state index is -0.149. The molecule has 0 amide bonds. The third-order valence-electron chi connectivity index (χ3n) is 3.88. The van der Waals surface area contributed by atoms with Crippen molar-refractivity contribution in [3.8, 4) is 0 Å². The first-order valence-electron chi connectivity index (χ1n) is 7.84. The van der Waals surface area contributed by atoms with Crippen LogP contribution in [0.15, 0.2) is 18.2 Å². The second kappa shape index (κ2) is 9.09. The molecule has 1 N–H and O–H groups in total. The van der Waals surface area contributed by atoms with Crippen molar-refractivity contribution < 1.29 is 4.39 Å². The van der Waals surface area contributed by atoms with Crippen LogP contribution >= 0.6 is 0 Å². The van der Waals surface area contributed by atoms with Crippen LogP contribution in [0.3, 0.4) is 0 Å². The minimum Gasteiger partial charge on any atom is -0.310 e. The highest BCUT2D eigenvalue weighted by molar-refractivity contribution is 5.29. The average Bonchev–Trinajstić information content (AvgIpc) is 2.44. The Kier molecular flexibility index (Phi) is 7.78. The second-order valence-corrected chi connectivity index (χ2v) is 5.32. The Morgan fingerprint density at radius 1 is 1.20 bits per heavy atom. The fourth-order valence-corrected chi connectivity index (χ4v) is 2.57. The summed E-state index contributed by atoms with van der Waals surface area (Å²) in [5.41, 5.74) is 2.27. The number of aryl methyl sites for hydroxylation is 1. The maximum Gasteiger partial charge on any atom is 0.123 e. The lowest BCUT2D eigenvalue weighted by atomic mass is 9.98. The zero-order valence-corrected chi connectivity index (χ0v) is 13.4. The van der Waals surface area contributed by atoms with E-state index < -0.39 is 0 Å². The van der Waals surface area contributed by atoms with Crippen molar-refractivity contribution in [2.75, 3.05) is 26.2 Å². The molecular formula is C17H29FN2. The zero-order valence-electron chi connectivity index (χ0n) is 13.4. The molecule has 114 valence electrons. The van der Waals surface area contributed by atoms with Gasteiger partial charge in [0, 0.05) is 6.04 Å². The van der Waals surface area contributed by atoms with Crippen LogP contribution in [0, 0.1) is 12.7 Å². The van der Waals surface area contributed by atoms with E-state index in [2.05, 4.69) is 31.0 Å². The SMILES string of the molecule is CCCNC(CCN(CC)CC)c1ccc(F)cc1C. The van der Waals surface area contributed by atoms with E-state index in [-0.39, 0.29) is 5.82 Å². The Balaban J connectivity index is 2.77. The van der Waals surface area contributed by atoms with Crippen molar-refractivity contribution in [3.63, 3.8) is 0 Å². The number of benzene rings is 1. The van der Waals surface area contributed by atoms with Gasteiger partial charge in [-0.05, 0) is 69.2 Å². The van der Waals surface area contributed by atoms with Gasteiger partial charge in [-0.1, -0.05) is 26.8 Å². The predicted octanol–water partition coefficient (Wildman–Crippen LogP) is 3.91. The van der Waals surface area contributed by atoms with Gasteiger partial charge in [0.25, 0.3) is 0 Å². The number of nitrogens with zero attached hydrogens (tertiary/aromatic N) is 1. The summed E-state index contributed by atoms with van der Waals surface area (Å²) in [4.78, 5) is 2.43. The van der Waals surface area contributed by atoms with Gasteiger partial charge in [0.1, 0.15) is 5.82 Å². The number of halogens is 1. The molecule has 0 aliphatic heterocycles. The van der Waals surface area contributed by atoms with E-state index in [9.17, 15) is 4.39 Å². The van der Waals surface area contributed by atoms with Crippen LogP contribution in [-0.4, -0.2) is 31.1 Å². The van der Waals surface area contributed by atoms with E-state index in [4.69, 9.17) is 0 Å². The first-order chi connectivity index (χ1) is 9.62. The predicted molar refractivity (Wildman–Crippen MR) is 84.6 cm³/mol. The van der Waals surface area contributed by atoms with Crippen molar-refractivity contribution in [1.29, 1.82) is 0 Å². The van der Waals surface area contributed by atoms with E-state index in [0.29, 0.717) is 6.04 Å². The summed E-state index contributed by atoms with van der Waals surface area (Å²) in [6, 6.07) is 5.45. The van der Waals surface area contributed by atoms with Crippen molar-refractivity contribution >= 4 is 0 Å². The Morgan fingerprint density at radius 3 is 2.45 bits per heavy atom. The van der Waals surface area contributed by atoms with Crippen LogP contribution in [0.2, 0.25) is 0 Å². The molecule has 0 fully saturated rings. The van der Waals surface area contributed by atoms with Gasteiger partial charge in [-0.2, -0.15) is 0 Å². The molecule has 0 radical (unpaired) electrons. The van der Waals surface area contributed by atoms with Crippen molar-refractivity contribution in [2.24, 2.45) is 0 Å². The molecule has 3 heteroatoms. The number of hydrogen-bond acceptors (Lipinski definition) is 2. The molecule has 1 aromatic carbocycles. The maximum atomic E-state index is 13.3. The molecule has 2 nitrogen and oxygen atoms in total. The molecule has 0 aliphatic rings. The van der Waals surface area contributed by atoms with Gasteiger partial charge in [0.2, 0.25) is 0 Å². The Hall–Kier alpha value is -0.930. The van der Waals surface area contributed by atoms with Gasteiger partial charge in [0.05, 0.1) is 0 Å². The van der Waals surface area contributed by atoms with Crippen LogP contribution in [0.25, 0.3) is 0 Å². The van der Waals surface area contributed by atoms with E-state index in [1.165, 1.54) is 5.56 Å². The molecule has 1 unspecified atom stereocenters. The van der Waals surface area contributed by atoms with Crippen LogP contribution in [-0.2, 0) is 0 Å². The Morgan fingerprint density at radius 2 is 1.90 bits per heavy atom. The summed E-state index contributed by atoms with van der Waals surface area (Å²) in [5.74, 6) is -0.149. The molecule has 0 aliphatic carbocycles. The van der Waals surface area contributed by atoms with Gasteiger partial charge in [-0.15, -0.1) is 0 Å². The van der Waals surface area contributed by atoms with E-state index in [1.807, 2.05) is 13.0 Å². The third-order valence-corrected chi connectivity index (χ3v) is 3.88. The quantitative estimate of drug-likeness (QED) is 0.738. The fourth-order valence-electron chi connectivity index (χ4n) is 2.57. The van der Waals surface area contributed by atoms with Crippen molar-refractivity contribution in [1.82, 2.24) is 10.2 Å². The van der Waals surface area contributed by atoms with Gasteiger partial charge < -0.3 is 10.2 Å². The monoisotopic (exact) mass is 280 g/mol. The zero-order chi connectivity index (χ0) is 15.0. The average molecular weight is 280 g/mol. The van der Waals surface area contributed by atoms with E-state index >= 15 is 0 Å². The second-order valence-electron chi connectivity index (χ2n) is 5.32. The lowest BCUT2D eigenvalue weighted by Gasteiger charge is -2.25. The summed E-state index contributed by atoms with van der Waals surface area (Å²) >= 11 is 0. The molecular weight excluding hydrogens is 251 g/mol. The smallest absolute Gasteiger partial charge is 0.123 e. The highest BCUT2D eigenvalue weighted by atomic mass is 19.1. The lowest BCUT2D eigenvalue weighted by molar-refractivity contribution is 0.281. The molecule has 1 atom stereocenters. The summed E-state index contributed by atoms with van der Waals surface area (Å²) in [7, 11) is 0. The van der Waals surface area contributed by atoms with Crippen LogP contribution in [0.4, 0.5) is 4.39 Å². The lowest BCUT2D eigenvalue weighted by Crippen LogP contribution is -2.30. The molecule has 1 rings (SSSR count). The molecule has 0 heterocycles. The normalized spacial score (nSPS) is 12.9. The number of rotatable bonds is 9. The van der Waals surface area contributed by atoms with Crippen LogP contribution < -0.4 is 5.32 Å². The highest BCUT2D eigenvalue weighted by Gasteiger charge is 2.14. The minimum absolute atomic E-state index is 0.149. The summed E-state index contributed by atoms with van der Waals surface area (Å²) in [5, 5.41) is 3.60. The van der Waals surface area contributed by atoms with Gasteiger partial charge in [0.15, 0.2) is 0 Å². The standard InChI is InChI=1S/C17H29FN2/c1-5-11-19-17(10-12-20(6-2)7-3)16-9-8-15(18)13-14(16)4/h8-9,13,17,19H,5-7,10-12H2,1-4H3. The molecule has 1 aromatic rings. The molecule has 0 saturated heterocycles. The van der Waals surface area contributed by atoms with Gasteiger partial charge in [-0.25, -0.2) is 4.39 Å². The van der Waals surface area contributed by atoms with Crippen LogP contribution in [0.1, 0.15) is 50.8 Å².